The van der Waals surface area contributed by atoms with E-state index in [0.29, 0.717) is 6.04 Å². The lowest BCUT2D eigenvalue weighted by molar-refractivity contribution is 0.203. The Morgan fingerprint density at radius 3 is 2.92 bits per heavy atom. The fraction of sp³-hybridized carbons (Fsp3) is 1.00. The third-order valence-electron chi connectivity index (χ3n) is 2.53. The average Bonchev–Trinajstić information content (AvgIpc) is 2.05. The summed E-state index contributed by atoms with van der Waals surface area (Å²) < 4.78 is 0. The van der Waals surface area contributed by atoms with Crippen LogP contribution in [0.2, 0.25) is 0 Å². The molecular weight excluding hydrogens is 148 g/mol. The summed E-state index contributed by atoms with van der Waals surface area (Å²) in [5.74, 6) is 0. The van der Waals surface area contributed by atoms with Crippen molar-refractivity contribution in [2.45, 2.75) is 39.2 Å². The van der Waals surface area contributed by atoms with Crippen LogP contribution in [-0.2, 0) is 0 Å². The van der Waals surface area contributed by atoms with Crippen LogP contribution in [0.5, 0.6) is 0 Å². The van der Waals surface area contributed by atoms with Gasteiger partial charge in [0.2, 0.25) is 0 Å². The molecule has 1 unspecified atom stereocenters. The smallest absolute Gasteiger partial charge is 0.0167 e. The first kappa shape index (κ1) is 10.0. The van der Waals surface area contributed by atoms with Gasteiger partial charge in [-0.3, -0.25) is 0 Å². The van der Waals surface area contributed by atoms with Gasteiger partial charge in [0, 0.05) is 25.7 Å². The highest BCUT2D eigenvalue weighted by molar-refractivity contribution is 4.74. The van der Waals surface area contributed by atoms with Crippen molar-refractivity contribution in [1.82, 2.24) is 10.2 Å². The van der Waals surface area contributed by atoms with Crippen LogP contribution in [-0.4, -0.2) is 37.1 Å². The largest absolute Gasteiger partial charge is 0.312 e. The maximum Gasteiger partial charge on any atom is 0.0167 e. The number of hydrogen-bond acceptors (Lipinski definition) is 2. The Kier molecular flexibility index (Phi) is 4.62. The fourth-order valence-corrected chi connectivity index (χ4v) is 1.80. The summed E-state index contributed by atoms with van der Waals surface area (Å²) in [6, 6.07) is 0.695. The maximum absolute atomic E-state index is 3.46. The molecule has 1 atom stereocenters. The molecule has 12 heavy (non-hydrogen) atoms. The monoisotopic (exact) mass is 170 g/mol. The second-order valence-electron chi connectivity index (χ2n) is 3.86. The van der Waals surface area contributed by atoms with Crippen LogP contribution in [0.1, 0.15) is 33.1 Å². The van der Waals surface area contributed by atoms with E-state index in [1.807, 2.05) is 0 Å². The Bertz CT molecular complexity index is 114. The predicted octanol–water partition coefficient (Wildman–Crippen LogP) is 1.47. The van der Waals surface area contributed by atoms with Gasteiger partial charge in [-0.25, -0.2) is 0 Å². The first-order valence-corrected chi connectivity index (χ1v) is 5.28. The molecule has 0 aromatic carbocycles. The Hall–Kier alpha value is -0.0800. The van der Waals surface area contributed by atoms with Crippen LogP contribution >= 0.6 is 0 Å². The summed E-state index contributed by atoms with van der Waals surface area (Å²) in [6.45, 7) is 9.50. The third-order valence-corrected chi connectivity index (χ3v) is 2.53. The molecular formula is C10H22N2. The molecule has 0 aromatic heterocycles. The molecule has 1 heterocycles. The number of nitrogens with zero attached hydrogens (tertiary/aromatic N) is 1. The summed E-state index contributed by atoms with van der Waals surface area (Å²) in [7, 11) is 0. The number of nitrogens with one attached hydrogen (secondary N) is 1. The minimum Gasteiger partial charge on any atom is -0.312 e. The minimum atomic E-state index is 0.695. The number of unbranched alkanes of at least 4 members (excludes halogenated alkanes) is 2. The molecule has 0 radical (unpaired) electrons. The summed E-state index contributed by atoms with van der Waals surface area (Å²) >= 11 is 0. The van der Waals surface area contributed by atoms with E-state index in [4.69, 9.17) is 0 Å². The fourth-order valence-electron chi connectivity index (χ4n) is 1.80. The molecule has 2 nitrogen and oxygen atoms in total. The molecule has 0 aliphatic carbocycles. The van der Waals surface area contributed by atoms with Crippen LogP contribution in [0, 0.1) is 0 Å². The van der Waals surface area contributed by atoms with Crippen LogP contribution in [0.3, 0.4) is 0 Å². The van der Waals surface area contributed by atoms with E-state index in [0.717, 1.165) is 0 Å². The average molecular weight is 170 g/mol. The summed E-state index contributed by atoms with van der Waals surface area (Å²) in [6.07, 6.45) is 4.10. The standard InChI is InChI=1S/C10H22N2/c1-3-4-5-7-12-8-6-11-10(2)9-12/h10-11H,3-9H2,1-2H3. The second-order valence-corrected chi connectivity index (χ2v) is 3.86. The molecule has 0 saturated carbocycles. The van der Waals surface area contributed by atoms with Gasteiger partial charge >= 0.3 is 0 Å². The normalized spacial score (nSPS) is 26.0. The lowest BCUT2D eigenvalue weighted by atomic mass is 10.2. The van der Waals surface area contributed by atoms with E-state index >= 15 is 0 Å². The van der Waals surface area contributed by atoms with E-state index in [9.17, 15) is 0 Å². The lowest BCUT2D eigenvalue weighted by Crippen LogP contribution is -2.49. The topological polar surface area (TPSA) is 15.3 Å². The van der Waals surface area contributed by atoms with Crippen molar-refractivity contribution in [2.75, 3.05) is 26.2 Å². The zero-order valence-corrected chi connectivity index (χ0v) is 8.47. The van der Waals surface area contributed by atoms with E-state index < -0.39 is 0 Å². The molecule has 0 aromatic rings. The number of hydrogen-bond donors (Lipinski definition) is 1. The molecule has 1 aliphatic heterocycles. The molecule has 72 valence electrons. The predicted molar refractivity (Wildman–Crippen MR) is 53.4 cm³/mol. The zero-order valence-electron chi connectivity index (χ0n) is 8.47. The number of piperazine rings is 1. The molecule has 0 spiro atoms. The molecule has 1 fully saturated rings. The van der Waals surface area contributed by atoms with Crippen LogP contribution in [0.25, 0.3) is 0 Å². The van der Waals surface area contributed by atoms with Crippen LogP contribution in [0.4, 0.5) is 0 Å². The van der Waals surface area contributed by atoms with Crippen molar-refractivity contribution in [1.29, 1.82) is 0 Å². The Balaban J connectivity index is 2.06. The number of rotatable bonds is 4. The first-order valence-electron chi connectivity index (χ1n) is 5.28. The van der Waals surface area contributed by atoms with Crippen molar-refractivity contribution in [3.05, 3.63) is 0 Å². The summed E-state index contributed by atoms with van der Waals surface area (Å²) in [5, 5.41) is 3.46. The molecule has 1 saturated heterocycles. The zero-order chi connectivity index (χ0) is 8.81. The highest BCUT2D eigenvalue weighted by Crippen LogP contribution is 2.02. The Morgan fingerprint density at radius 2 is 2.25 bits per heavy atom. The van der Waals surface area contributed by atoms with Gasteiger partial charge < -0.3 is 10.2 Å². The maximum atomic E-state index is 3.46. The van der Waals surface area contributed by atoms with Gasteiger partial charge in [0.05, 0.1) is 0 Å². The van der Waals surface area contributed by atoms with Gasteiger partial charge in [0.25, 0.3) is 0 Å². The lowest BCUT2D eigenvalue weighted by Gasteiger charge is -2.31. The first-order chi connectivity index (χ1) is 5.83. The molecule has 1 rings (SSSR count). The van der Waals surface area contributed by atoms with Gasteiger partial charge in [-0.15, -0.1) is 0 Å². The van der Waals surface area contributed by atoms with Crippen molar-refractivity contribution < 1.29 is 0 Å². The van der Waals surface area contributed by atoms with Crippen molar-refractivity contribution in [3.63, 3.8) is 0 Å². The van der Waals surface area contributed by atoms with Crippen LogP contribution in [0.15, 0.2) is 0 Å². The quantitative estimate of drug-likeness (QED) is 0.643. The van der Waals surface area contributed by atoms with E-state index in [2.05, 4.69) is 24.1 Å². The second kappa shape index (κ2) is 5.55. The molecule has 0 bridgehead atoms. The van der Waals surface area contributed by atoms with Crippen molar-refractivity contribution >= 4 is 0 Å². The molecule has 1 aliphatic rings. The van der Waals surface area contributed by atoms with E-state index in [1.54, 1.807) is 0 Å². The SMILES string of the molecule is CCCCCN1CCNC(C)C1. The summed E-state index contributed by atoms with van der Waals surface area (Å²) in [5.41, 5.74) is 0. The van der Waals surface area contributed by atoms with Crippen molar-refractivity contribution in [3.8, 4) is 0 Å². The van der Waals surface area contributed by atoms with Gasteiger partial charge in [0.15, 0.2) is 0 Å². The van der Waals surface area contributed by atoms with Gasteiger partial charge in [0.1, 0.15) is 0 Å². The molecule has 0 amide bonds. The third kappa shape index (κ3) is 3.55. The van der Waals surface area contributed by atoms with E-state index in [-0.39, 0.29) is 0 Å². The van der Waals surface area contributed by atoms with Gasteiger partial charge in [-0.05, 0) is 19.9 Å². The van der Waals surface area contributed by atoms with Crippen LogP contribution < -0.4 is 5.32 Å². The van der Waals surface area contributed by atoms with Gasteiger partial charge in [-0.1, -0.05) is 19.8 Å². The highest BCUT2D eigenvalue weighted by atomic mass is 15.2. The Labute approximate surface area is 76.3 Å². The Morgan fingerprint density at radius 1 is 1.42 bits per heavy atom. The van der Waals surface area contributed by atoms with Crippen molar-refractivity contribution in [2.24, 2.45) is 0 Å². The van der Waals surface area contributed by atoms with Gasteiger partial charge in [-0.2, -0.15) is 0 Å². The molecule has 2 heteroatoms. The summed E-state index contributed by atoms with van der Waals surface area (Å²) in [4.78, 5) is 2.58. The minimum absolute atomic E-state index is 0.695. The highest BCUT2D eigenvalue weighted by Gasteiger charge is 2.13. The molecule has 1 N–H and O–H groups in total. The van der Waals surface area contributed by atoms with E-state index in [1.165, 1.54) is 45.4 Å².